The summed E-state index contributed by atoms with van der Waals surface area (Å²) in [5.41, 5.74) is 1.14. The van der Waals surface area contributed by atoms with Crippen molar-refractivity contribution < 1.29 is 34.2 Å². The number of aliphatic carboxylic acids is 2. The first-order chi connectivity index (χ1) is 17.6. The molecule has 2 aromatic rings. The van der Waals surface area contributed by atoms with Crippen LogP contribution in [0.3, 0.4) is 0 Å². The minimum absolute atomic E-state index is 0.0432. The smallest absolute Gasteiger partial charge is 0.326 e. The van der Waals surface area contributed by atoms with E-state index in [0.29, 0.717) is 11.3 Å². The second-order valence-electron chi connectivity index (χ2n) is 8.12. The van der Waals surface area contributed by atoms with Crippen LogP contribution < -0.4 is 10.6 Å². The summed E-state index contributed by atoms with van der Waals surface area (Å²) in [7, 11) is 0. The third-order valence-corrected chi connectivity index (χ3v) is 7.16. The van der Waals surface area contributed by atoms with Crippen molar-refractivity contribution in [2.75, 3.05) is 16.9 Å². The van der Waals surface area contributed by atoms with Crippen LogP contribution in [0, 0.1) is 0 Å². The minimum Gasteiger partial charge on any atom is -0.481 e. The molecule has 3 amide bonds. The van der Waals surface area contributed by atoms with Crippen molar-refractivity contribution in [1.82, 2.24) is 10.2 Å². The number of amides is 3. The van der Waals surface area contributed by atoms with Crippen LogP contribution in [0.1, 0.15) is 28.8 Å². The molecule has 1 saturated heterocycles. The molecule has 3 rings (SSSR count). The Bertz CT molecular complexity index is 1190. The lowest BCUT2D eigenvalue weighted by Crippen LogP contribution is -2.52. The number of thioether (sulfide) groups is 1. The van der Waals surface area contributed by atoms with E-state index in [4.69, 9.17) is 28.3 Å². The number of carbonyl (C=O) groups excluding carboxylic acids is 3. The number of benzene rings is 2. The highest BCUT2D eigenvalue weighted by Crippen LogP contribution is 2.26. The number of rotatable bonds is 10. The zero-order valence-electron chi connectivity index (χ0n) is 19.3. The summed E-state index contributed by atoms with van der Waals surface area (Å²) >= 11 is 13.5. The molecule has 1 unspecified atom stereocenters. The van der Waals surface area contributed by atoms with E-state index in [9.17, 15) is 29.1 Å². The maximum absolute atomic E-state index is 12.8. The molecule has 1 aliphatic heterocycles. The van der Waals surface area contributed by atoms with Gasteiger partial charge in [0, 0.05) is 24.3 Å². The Labute approximate surface area is 226 Å². The Morgan fingerprint density at radius 3 is 2.24 bits per heavy atom. The van der Waals surface area contributed by atoms with E-state index < -0.39 is 41.7 Å². The lowest BCUT2D eigenvalue weighted by molar-refractivity contribution is -0.145. The SMILES string of the molecule is O=C(O)CCC(=O)N1CSCC1C(=O)N[C@@H](Cc1ccc(NC(=O)c2c(Cl)cccc2Cl)cc1)C(=O)O. The lowest BCUT2D eigenvalue weighted by atomic mass is 10.0. The average molecular weight is 568 g/mol. The van der Waals surface area contributed by atoms with E-state index >= 15 is 0 Å². The molecule has 2 aromatic carbocycles. The molecule has 13 heteroatoms. The number of carboxylic acids is 2. The van der Waals surface area contributed by atoms with Crippen LogP contribution in [-0.2, 0) is 25.6 Å². The number of anilines is 1. The Balaban J connectivity index is 1.62. The second-order valence-corrected chi connectivity index (χ2v) is 9.94. The van der Waals surface area contributed by atoms with Crippen molar-refractivity contribution in [1.29, 1.82) is 0 Å². The van der Waals surface area contributed by atoms with E-state index in [-0.39, 0.29) is 46.5 Å². The van der Waals surface area contributed by atoms with Gasteiger partial charge in [-0.15, -0.1) is 11.8 Å². The largest absolute Gasteiger partial charge is 0.481 e. The quantitative estimate of drug-likeness (QED) is 0.341. The summed E-state index contributed by atoms with van der Waals surface area (Å²) in [5, 5.41) is 24.0. The van der Waals surface area contributed by atoms with Crippen molar-refractivity contribution in [2.45, 2.75) is 31.3 Å². The number of carbonyl (C=O) groups is 5. The number of halogens is 2. The van der Waals surface area contributed by atoms with E-state index in [1.165, 1.54) is 16.7 Å². The molecule has 1 aliphatic rings. The number of hydrogen-bond acceptors (Lipinski definition) is 6. The van der Waals surface area contributed by atoms with Gasteiger partial charge in [-0.05, 0) is 29.8 Å². The first kappa shape index (κ1) is 28.3. The van der Waals surface area contributed by atoms with Crippen molar-refractivity contribution in [2.24, 2.45) is 0 Å². The van der Waals surface area contributed by atoms with Crippen molar-refractivity contribution in [3.8, 4) is 0 Å². The van der Waals surface area contributed by atoms with Gasteiger partial charge >= 0.3 is 11.9 Å². The summed E-state index contributed by atoms with van der Waals surface area (Å²) in [4.78, 5) is 61.5. The van der Waals surface area contributed by atoms with Crippen molar-refractivity contribution >= 4 is 70.3 Å². The fourth-order valence-corrected chi connectivity index (χ4v) is 5.35. The molecule has 0 radical (unpaired) electrons. The van der Waals surface area contributed by atoms with E-state index in [1.807, 2.05) is 0 Å². The molecule has 1 heterocycles. The maximum atomic E-state index is 12.8. The topological polar surface area (TPSA) is 153 Å². The van der Waals surface area contributed by atoms with Gasteiger partial charge in [0.15, 0.2) is 0 Å². The highest BCUT2D eigenvalue weighted by molar-refractivity contribution is 7.99. The van der Waals surface area contributed by atoms with Gasteiger partial charge in [-0.25, -0.2) is 4.79 Å². The molecular formula is C24H23Cl2N3O7S. The van der Waals surface area contributed by atoms with E-state index in [2.05, 4.69) is 10.6 Å². The molecule has 4 N–H and O–H groups in total. The first-order valence-corrected chi connectivity index (χ1v) is 12.9. The number of carboxylic acid groups (broad SMARTS) is 2. The maximum Gasteiger partial charge on any atom is 0.326 e. The third-order valence-electron chi connectivity index (χ3n) is 5.51. The highest BCUT2D eigenvalue weighted by atomic mass is 35.5. The third kappa shape index (κ3) is 7.61. The minimum atomic E-state index is -1.27. The Hall–Kier alpha value is -3.28. The molecule has 0 aromatic heterocycles. The second kappa shape index (κ2) is 12.8. The average Bonchev–Trinajstić information content (AvgIpc) is 3.33. The molecule has 1 fully saturated rings. The van der Waals surface area contributed by atoms with Gasteiger partial charge in [-0.1, -0.05) is 41.4 Å². The molecule has 2 atom stereocenters. The number of hydrogen-bond donors (Lipinski definition) is 4. The van der Waals surface area contributed by atoms with Crippen LogP contribution in [-0.4, -0.2) is 68.5 Å². The van der Waals surface area contributed by atoms with Gasteiger partial charge in [-0.3, -0.25) is 19.2 Å². The van der Waals surface area contributed by atoms with Crippen LogP contribution in [0.2, 0.25) is 10.0 Å². The van der Waals surface area contributed by atoms with Gasteiger partial charge in [0.1, 0.15) is 12.1 Å². The van der Waals surface area contributed by atoms with Gasteiger partial charge in [0.05, 0.1) is 27.9 Å². The van der Waals surface area contributed by atoms with Gasteiger partial charge in [0.25, 0.3) is 5.91 Å². The highest BCUT2D eigenvalue weighted by Gasteiger charge is 2.36. The van der Waals surface area contributed by atoms with Gasteiger partial charge in [-0.2, -0.15) is 0 Å². The summed E-state index contributed by atoms with van der Waals surface area (Å²) in [6.07, 6.45) is -0.639. The van der Waals surface area contributed by atoms with Crippen LogP contribution in [0.5, 0.6) is 0 Å². The van der Waals surface area contributed by atoms with E-state index in [0.717, 1.165) is 0 Å². The number of nitrogens with one attached hydrogen (secondary N) is 2. The summed E-state index contributed by atoms with van der Waals surface area (Å²) in [5.74, 6) is -3.48. The van der Waals surface area contributed by atoms with Gasteiger partial charge in [0.2, 0.25) is 11.8 Å². The predicted molar refractivity (Wildman–Crippen MR) is 139 cm³/mol. The van der Waals surface area contributed by atoms with Crippen LogP contribution in [0.25, 0.3) is 0 Å². The fraction of sp³-hybridized carbons (Fsp3) is 0.292. The predicted octanol–water partition coefficient (Wildman–Crippen LogP) is 3.12. The molecule has 0 spiro atoms. The molecule has 0 aliphatic carbocycles. The standard InChI is InChI=1S/C24H23Cl2N3O7S/c25-15-2-1-3-16(26)21(15)23(34)27-14-6-4-13(5-7-14)10-17(24(35)36)28-22(33)18-11-37-12-29(18)19(30)8-9-20(31)32/h1-7,17-18H,8-12H2,(H,27,34)(H,28,33)(H,31,32)(H,35,36)/t17-,18?/m0/s1. The van der Waals surface area contributed by atoms with Crippen molar-refractivity contribution in [3.05, 3.63) is 63.6 Å². The Kier molecular flexibility index (Phi) is 9.79. The summed E-state index contributed by atoms with van der Waals surface area (Å²) in [6, 6.07) is 8.93. The lowest BCUT2D eigenvalue weighted by Gasteiger charge is -2.24. The van der Waals surface area contributed by atoms with E-state index in [1.54, 1.807) is 42.5 Å². The van der Waals surface area contributed by atoms with Crippen molar-refractivity contribution in [3.63, 3.8) is 0 Å². The zero-order chi connectivity index (χ0) is 27.1. The summed E-state index contributed by atoms with van der Waals surface area (Å²) in [6.45, 7) is 0. The zero-order valence-corrected chi connectivity index (χ0v) is 21.6. The first-order valence-electron chi connectivity index (χ1n) is 11.0. The molecular weight excluding hydrogens is 545 g/mol. The molecule has 37 heavy (non-hydrogen) atoms. The van der Waals surface area contributed by atoms with Crippen LogP contribution in [0.15, 0.2) is 42.5 Å². The van der Waals surface area contributed by atoms with Crippen LogP contribution >= 0.6 is 35.0 Å². The Morgan fingerprint density at radius 2 is 1.65 bits per heavy atom. The summed E-state index contributed by atoms with van der Waals surface area (Å²) < 4.78 is 0. The number of nitrogens with zero attached hydrogens (tertiary/aromatic N) is 1. The monoisotopic (exact) mass is 567 g/mol. The van der Waals surface area contributed by atoms with Crippen LogP contribution in [0.4, 0.5) is 5.69 Å². The Morgan fingerprint density at radius 1 is 1.00 bits per heavy atom. The molecule has 196 valence electrons. The molecule has 0 saturated carbocycles. The fourth-order valence-electron chi connectivity index (χ4n) is 3.60. The molecule has 10 nitrogen and oxygen atoms in total. The van der Waals surface area contributed by atoms with Gasteiger partial charge < -0.3 is 25.7 Å². The molecule has 0 bridgehead atoms. The normalized spacial score (nSPS) is 15.6.